The van der Waals surface area contributed by atoms with Crippen LogP contribution in [-0.4, -0.2) is 68.2 Å². The first-order valence-electron chi connectivity index (χ1n) is 11.6. The van der Waals surface area contributed by atoms with E-state index in [9.17, 15) is 19.1 Å². The summed E-state index contributed by atoms with van der Waals surface area (Å²) in [5, 5.41) is 9.20. The van der Waals surface area contributed by atoms with Crippen LogP contribution in [0.25, 0.3) is 0 Å². The van der Waals surface area contributed by atoms with E-state index in [-0.39, 0.29) is 18.8 Å². The molecule has 0 heterocycles. The van der Waals surface area contributed by atoms with Gasteiger partial charge in [-0.25, -0.2) is 14.0 Å². The molecule has 0 aliphatic rings. The average Bonchev–Trinajstić information content (AvgIpc) is 2.86. The fourth-order valence-electron chi connectivity index (χ4n) is 3.33. The van der Waals surface area contributed by atoms with Crippen molar-refractivity contribution in [3.8, 4) is 5.75 Å². The molecule has 2 aromatic rings. The predicted octanol–water partition coefficient (Wildman–Crippen LogP) is 4.30. The first-order valence-corrected chi connectivity index (χ1v) is 11.6. The number of aliphatic carboxylic acids is 1. The molecule has 192 valence electrons. The molecule has 0 saturated carbocycles. The number of benzene rings is 2. The molecule has 1 atom stereocenters. The van der Waals surface area contributed by atoms with E-state index in [1.165, 1.54) is 19.2 Å². The van der Waals surface area contributed by atoms with Crippen molar-refractivity contribution in [1.82, 2.24) is 4.90 Å². The van der Waals surface area contributed by atoms with Crippen LogP contribution >= 0.6 is 0 Å². The van der Waals surface area contributed by atoms with Crippen LogP contribution in [-0.2, 0) is 32.0 Å². The van der Waals surface area contributed by atoms with Gasteiger partial charge in [0.1, 0.15) is 18.2 Å². The molecule has 1 unspecified atom stereocenters. The van der Waals surface area contributed by atoms with Crippen molar-refractivity contribution in [2.75, 3.05) is 40.0 Å². The maximum Gasteiger partial charge on any atom is 0.409 e. The third kappa shape index (κ3) is 10.7. The van der Waals surface area contributed by atoms with Gasteiger partial charge in [0.2, 0.25) is 0 Å². The zero-order valence-electron chi connectivity index (χ0n) is 20.3. The van der Waals surface area contributed by atoms with Crippen LogP contribution in [0.3, 0.4) is 0 Å². The molecule has 35 heavy (non-hydrogen) atoms. The van der Waals surface area contributed by atoms with Crippen LogP contribution in [0.15, 0.2) is 48.5 Å². The zero-order valence-corrected chi connectivity index (χ0v) is 20.3. The minimum atomic E-state index is -0.991. The SMILES string of the molecule is CCOC(Cc1ccc(OCCN(CCCCOCc2ccc(F)cc2)C(=O)OC)cc1)C(=O)O. The number of methoxy groups -OCH3 is 1. The van der Waals surface area contributed by atoms with Crippen molar-refractivity contribution in [2.24, 2.45) is 0 Å². The minimum absolute atomic E-state index is 0.271. The molecule has 0 aliphatic heterocycles. The molecule has 2 rings (SSSR count). The number of carboxylic acids is 1. The number of unbranched alkanes of at least 4 members (excludes halogenated alkanes) is 1. The number of hydrogen-bond donors (Lipinski definition) is 1. The average molecular weight is 492 g/mol. The Bertz CT molecular complexity index is 890. The number of carbonyl (C=O) groups excluding carboxylic acids is 1. The lowest BCUT2D eigenvalue weighted by atomic mass is 10.1. The van der Waals surface area contributed by atoms with Crippen LogP contribution in [0.2, 0.25) is 0 Å². The van der Waals surface area contributed by atoms with Gasteiger partial charge < -0.3 is 29.0 Å². The molecular formula is C26H34FNO7. The van der Waals surface area contributed by atoms with Crippen LogP contribution in [0.5, 0.6) is 5.75 Å². The highest BCUT2D eigenvalue weighted by molar-refractivity contribution is 5.72. The first kappa shape index (κ1) is 28.1. The first-order chi connectivity index (χ1) is 16.9. The molecule has 9 heteroatoms. The van der Waals surface area contributed by atoms with Crippen molar-refractivity contribution in [3.05, 3.63) is 65.5 Å². The summed E-state index contributed by atoms with van der Waals surface area (Å²) in [6.45, 7) is 4.18. The summed E-state index contributed by atoms with van der Waals surface area (Å²) < 4.78 is 34.4. The maximum absolute atomic E-state index is 12.9. The summed E-state index contributed by atoms with van der Waals surface area (Å²) >= 11 is 0. The number of rotatable bonds is 16. The largest absolute Gasteiger partial charge is 0.492 e. The summed E-state index contributed by atoms with van der Waals surface area (Å²) in [4.78, 5) is 24.9. The topological polar surface area (TPSA) is 94.5 Å². The van der Waals surface area contributed by atoms with Gasteiger partial charge in [0.15, 0.2) is 6.10 Å². The Morgan fingerprint density at radius 2 is 1.66 bits per heavy atom. The predicted molar refractivity (Wildman–Crippen MR) is 128 cm³/mol. The Kier molecular flexibility index (Phi) is 12.6. The Morgan fingerprint density at radius 3 is 2.29 bits per heavy atom. The van der Waals surface area contributed by atoms with Crippen LogP contribution in [0, 0.1) is 5.82 Å². The number of nitrogens with zero attached hydrogens (tertiary/aromatic N) is 1. The molecule has 8 nitrogen and oxygen atoms in total. The van der Waals surface area contributed by atoms with E-state index in [1.807, 2.05) is 0 Å². The number of hydrogen-bond acceptors (Lipinski definition) is 6. The van der Waals surface area contributed by atoms with Crippen LogP contribution in [0.1, 0.15) is 30.9 Å². The summed E-state index contributed by atoms with van der Waals surface area (Å²) in [5.74, 6) is -0.644. The van der Waals surface area contributed by atoms with Gasteiger partial charge >= 0.3 is 12.1 Å². The van der Waals surface area contributed by atoms with Crippen molar-refractivity contribution in [2.45, 2.75) is 38.9 Å². The summed E-state index contributed by atoms with van der Waals surface area (Å²) in [7, 11) is 1.34. The highest BCUT2D eigenvalue weighted by Gasteiger charge is 2.18. The maximum atomic E-state index is 12.9. The molecule has 2 aromatic carbocycles. The van der Waals surface area contributed by atoms with Gasteiger partial charge in [-0.15, -0.1) is 0 Å². The van der Waals surface area contributed by atoms with Crippen LogP contribution in [0.4, 0.5) is 9.18 Å². The molecule has 0 radical (unpaired) electrons. The summed E-state index contributed by atoms with van der Waals surface area (Å²) in [6.07, 6.45) is 0.460. The second-order valence-electron chi connectivity index (χ2n) is 7.82. The smallest absolute Gasteiger partial charge is 0.409 e. The van der Waals surface area contributed by atoms with Crippen molar-refractivity contribution in [3.63, 3.8) is 0 Å². The molecule has 0 spiro atoms. The molecule has 0 aliphatic carbocycles. The van der Waals surface area contributed by atoms with Gasteiger partial charge in [-0.3, -0.25) is 0 Å². The van der Waals surface area contributed by atoms with E-state index in [1.54, 1.807) is 48.2 Å². The number of halogens is 1. The van der Waals surface area contributed by atoms with E-state index in [2.05, 4.69) is 0 Å². The van der Waals surface area contributed by atoms with E-state index in [0.717, 1.165) is 24.0 Å². The standard InChI is InChI=1S/C26H34FNO7/c1-3-34-24(25(29)30)18-20-8-12-23(13-9-20)35-17-15-28(26(31)32-2)14-4-5-16-33-19-21-6-10-22(27)11-7-21/h6-13,24H,3-5,14-19H2,1-2H3,(H,29,30). The highest BCUT2D eigenvalue weighted by atomic mass is 19.1. The van der Waals surface area contributed by atoms with E-state index in [4.69, 9.17) is 18.9 Å². The normalized spacial score (nSPS) is 11.6. The Morgan fingerprint density at radius 1 is 0.971 bits per heavy atom. The van der Waals surface area contributed by atoms with Gasteiger partial charge in [0.25, 0.3) is 0 Å². The molecule has 0 bridgehead atoms. The zero-order chi connectivity index (χ0) is 25.5. The second-order valence-corrected chi connectivity index (χ2v) is 7.82. The van der Waals surface area contributed by atoms with Gasteiger partial charge in [0.05, 0.1) is 20.3 Å². The lowest BCUT2D eigenvalue weighted by Crippen LogP contribution is -2.35. The lowest BCUT2D eigenvalue weighted by Gasteiger charge is -2.21. The molecule has 0 fully saturated rings. The third-order valence-corrected chi connectivity index (χ3v) is 5.20. The van der Waals surface area contributed by atoms with Crippen LogP contribution < -0.4 is 4.74 Å². The van der Waals surface area contributed by atoms with Crippen molar-refractivity contribution < 1.29 is 38.0 Å². The van der Waals surface area contributed by atoms with E-state index < -0.39 is 18.2 Å². The number of amides is 1. The van der Waals surface area contributed by atoms with Gasteiger partial charge in [-0.05, 0) is 55.2 Å². The van der Waals surface area contributed by atoms with Crippen molar-refractivity contribution in [1.29, 1.82) is 0 Å². The molecular weight excluding hydrogens is 457 g/mol. The summed E-state index contributed by atoms with van der Waals surface area (Å²) in [5.41, 5.74) is 1.74. The summed E-state index contributed by atoms with van der Waals surface area (Å²) in [6, 6.07) is 13.3. The van der Waals surface area contributed by atoms with Gasteiger partial charge in [-0.1, -0.05) is 24.3 Å². The van der Waals surface area contributed by atoms with Gasteiger partial charge in [0, 0.05) is 26.2 Å². The lowest BCUT2D eigenvalue weighted by molar-refractivity contribution is -0.149. The molecule has 1 N–H and O–H groups in total. The Labute approximate surface area is 205 Å². The number of ether oxygens (including phenoxy) is 4. The molecule has 0 aromatic heterocycles. The monoisotopic (exact) mass is 491 g/mol. The van der Waals surface area contributed by atoms with E-state index in [0.29, 0.717) is 38.7 Å². The third-order valence-electron chi connectivity index (χ3n) is 5.20. The fourth-order valence-corrected chi connectivity index (χ4v) is 3.33. The van der Waals surface area contributed by atoms with Gasteiger partial charge in [-0.2, -0.15) is 0 Å². The Hall–Kier alpha value is -3.17. The van der Waals surface area contributed by atoms with Crippen molar-refractivity contribution >= 4 is 12.1 Å². The quantitative estimate of drug-likeness (QED) is 0.350. The highest BCUT2D eigenvalue weighted by Crippen LogP contribution is 2.15. The minimum Gasteiger partial charge on any atom is -0.492 e. The number of carbonyl (C=O) groups is 2. The van der Waals surface area contributed by atoms with E-state index >= 15 is 0 Å². The molecule has 1 amide bonds. The fraction of sp³-hybridized carbons (Fsp3) is 0.462. The molecule has 0 saturated heterocycles. The number of carboxylic acid groups (broad SMARTS) is 1. The Balaban J connectivity index is 1.69. The second kappa shape index (κ2) is 15.7.